The summed E-state index contributed by atoms with van der Waals surface area (Å²) in [5.41, 5.74) is 6.46. The van der Waals surface area contributed by atoms with E-state index < -0.39 is 0 Å². The molecule has 0 unspecified atom stereocenters. The number of fused-ring (bicyclic) bond motifs is 1. The molecular formula is C22H30N4O2. The molecule has 3 aromatic heterocycles. The quantitative estimate of drug-likeness (QED) is 0.625. The van der Waals surface area contributed by atoms with Crippen molar-refractivity contribution in [2.45, 2.75) is 59.9 Å². The summed E-state index contributed by atoms with van der Waals surface area (Å²) in [6, 6.07) is 3.95. The monoisotopic (exact) mass is 382 g/mol. The number of aliphatic hydroxyl groups excluding tert-OH is 1. The third-order valence-electron chi connectivity index (χ3n) is 5.06. The summed E-state index contributed by atoms with van der Waals surface area (Å²) in [5, 5.41) is 9.83. The summed E-state index contributed by atoms with van der Waals surface area (Å²) in [6.07, 6.45) is 4.76. The average molecular weight is 383 g/mol. The molecule has 0 aliphatic heterocycles. The molecule has 0 aliphatic carbocycles. The van der Waals surface area contributed by atoms with Crippen molar-refractivity contribution in [2.24, 2.45) is 0 Å². The van der Waals surface area contributed by atoms with Crippen LogP contribution in [0.5, 0.6) is 5.88 Å². The molecule has 0 aromatic carbocycles. The van der Waals surface area contributed by atoms with E-state index in [0.29, 0.717) is 12.5 Å². The molecule has 0 bridgehead atoms. The maximum absolute atomic E-state index is 9.83. The minimum absolute atomic E-state index is 0.0269. The summed E-state index contributed by atoms with van der Waals surface area (Å²) in [7, 11) is 0. The van der Waals surface area contributed by atoms with Crippen LogP contribution in [0.2, 0.25) is 0 Å². The van der Waals surface area contributed by atoms with Crippen LogP contribution in [-0.4, -0.2) is 37.8 Å². The molecule has 6 heteroatoms. The minimum Gasteiger partial charge on any atom is -0.478 e. The van der Waals surface area contributed by atoms with Crippen LogP contribution in [0.4, 0.5) is 0 Å². The van der Waals surface area contributed by atoms with Gasteiger partial charge in [-0.15, -0.1) is 0 Å². The zero-order valence-electron chi connectivity index (χ0n) is 17.5. The van der Waals surface area contributed by atoms with Crippen LogP contribution in [0.1, 0.15) is 56.6 Å². The molecule has 1 atom stereocenters. The molecule has 0 saturated heterocycles. The van der Waals surface area contributed by atoms with Gasteiger partial charge < -0.3 is 14.4 Å². The number of hydrogen-bond acceptors (Lipinski definition) is 5. The Balaban J connectivity index is 2.14. The number of aryl methyl sites for hydroxylation is 3. The lowest BCUT2D eigenvalue weighted by Crippen LogP contribution is -2.13. The Morgan fingerprint density at radius 3 is 2.54 bits per heavy atom. The van der Waals surface area contributed by atoms with Crippen molar-refractivity contribution in [3.8, 4) is 17.1 Å². The zero-order valence-corrected chi connectivity index (χ0v) is 17.5. The number of aromatic nitrogens is 4. The van der Waals surface area contributed by atoms with Gasteiger partial charge in [0.1, 0.15) is 5.52 Å². The number of rotatable bonds is 8. The van der Waals surface area contributed by atoms with Gasteiger partial charge in [-0.05, 0) is 45.2 Å². The van der Waals surface area contributed by atoms with Crippen molar-refractivity contribution >= 4 is 11.2 Å². The van der Waals surface area contributed by atoms with Crippen molar-refractivity contribution in [3.63, 3.8) is 0 Å². The van der Waals surface area contributed by atoms with Gasteiger partial charge in [-0.25, -0.2) is 15.0 Å². The summed E-state index contributed by atoms with van der Waals surface area (Å²) >= 11 is 0. The van der Waals surface area contributed by atoms with E-state index in [1.54, 1.807) is 0 Å². The van der Waals surface area contributed by atoms with Crippen molar-refractivity contribution in [3.05, 3.63) is 35.3 Å². The first-order valence-corrected chi connectivity index (χ1v) is 10.1. The van der Waals surface area contributed by atoms with E-state index in [0.717, 1.165) is 58.6 Å². The van der Waals surface area contributed by atoms with Gasteiger partial charge in [-0.2, -0.15) is 0 Å². The van der Waals surface area contributed by atoms with Crippen LogP contribution in [0.3, 0.4) is 0 Å². The molecule has 3 rings (SSSR count). The molecule has 0 saturated carbocycles. The van der Waals surface area contributed by atoms with Crippen molar-refractivity contribution in [1.29, 1.82) is 0 Å². The van der Waals surface area contributed by atoms with Crippen LogP contribution in [-0.2, 0) is 6.42 Å². The van der Waals surface area contributed by atoms with Crippen LogP contribution >= 0.6 is 0 Å². The van der Waals surface area contributed by atoms with Crippen molar-refractivity contribution in [2.75, 3.05) is 13.2 Å². The second-order valence-corrected chi connectivity index (χ2v) is 7.10. The van der Waals surface area contributed by atoms with Gasteiger partial charge in [0.05, 0.1) is 36.3 Å². The van der Waals surface area contributed by atoms with E-state index >= 15 is 0 Å². The fourth-order valence-corrected chi connectivity index (χ4v) is 3.66. The Morgan fingerprint density at radius 2 is 1.89 bits per heavy atom. The topological polar surface area (TPSA) is 73.1 Å². The first kappa shape index (κ1) is 20.3. The summed E-state index contributed by atoms with van der Waals surface area (Å²) in [6.45, 7) is 10.9. The highest BCUT2D eigenvalue weighted by molar-refractivity contribution is 5.80. The predicted molar refractivity (Wildman–Crippen MR) is 112 cm³/mol. The Kier molecular flexibility index (Phi) is 6.29. The minimum atomic E-state index is 0.0269. The van der Waals surface area contributed by atoms with E-state index in [9.17, 15) is 5.11 Å². The lowest BCUT2D eigenvalue weighted by atomic mass is 10.1. The Labute approximate surface area is 166 Å². The van der Waals surface area contributed by atoms with E-state index in [1.165, 1.54) is 0 Å². The third kappa shape index (κ3) is 3.74. The first-order chi connectivity index (χ1) is 13.5. The van der Waals surface area contributed by atoms with E-state index in [1.807, 2.05) is 32.9 Å². The zero-order chi connectivity index (χ0) is 20.3. The lowest BCUT2D eigenvalue weighted by molar-refractivity contribution is 0.222. The second kappa shape index (κ2) is 8.69. The molecule has 6 nitrogen and oxygen atoms in total. The fraction of sp³-hybridized carbons (Fsp3) is 0.500. The van der Waals surface area contributed by atoms with Gasteiger partial charge in [0.15, 0.2) is 5.65 Å². The number of pyridine rings is 1. The average Bonchev–Trinajstić information content (AvgIpc) is 3.01. The highest BCUT2D eigenvalue weighted by atomic mass is 16.5. The smallest absolute Gasteiger partial charge is 0.213 e. The maximum Gasteiger partial charge on any atom is 0.213 e. The van der Waals surface area contributed by atoms with Crippen LogP contribution in [0.25, 0.3) is 22.4 Å². The number of ether oxygens (including phenoxy) is 1. The number of aliphatic hydroxyl groups is 1. The highest BCUT2D eigenvalue weighted by Crippen LogP contribution is 2.30. The molecule has 0 amide bonds. The Hall–Kier alpha value is -2.47. The predicted octanol–water partition coefficient (Wildman–Crippen LogP) is 4.40. The van der Waals surface area contributed by atoms with E-state index in [-0.39, 0.29) is 12.6 Å². The summed E-state index contributed by atoms with van der Waals surface area (Å²) in [5.74, 6) is 0.641. The fourth-order valence-electron chi connectivity index (χ4n) is 3.66. The second-order valence-electron chi connectivity index (χ2n) is 7.10. The van der Waals surface area contributed by atoms with Gasteiger partial charge in [-0.1, -0.05) is 20.3 Å². The SMILES string of the molecule is CCC[C@@H](CO)n1cc(C)c2nc(-c3ccc(OCC)nc3CC)c(C)nc21. The van der Waals surface area contributed by atoms with E-state index in [4.69, 9.17) is 14.7 Å². The van der Waals surface area contributed by atoms with Crippen LogP contribution in [0, 0.1) is 13.8 Å². The van der Waals surface area contributed by atoms with Gasteiger partial charge in [0.2, 0.25) is 5.88 Å². The molecule has 3 heterocycles. The normalized spacial score (nSPS) is 12.5. The van der Waals surface area contributed by atoms with Crippen LogP contribution in [0.15, 0.2) is 18.3 Å². The summed E-state index contributed by atoms with van der Waals surface area (Å²) < 4.78 is 7.63. The molecule has 150 valence electrons. The molecule has 3 aromatic rings. The van der Waals surface area contributed by atoms with E-state index in [2.05, 4.69) is 29.6 Å². The standard InChI is InChI=1S/C22H30N4O2/c1-6-9-16(13-27)26-12-14(4)20-22(26)23-15(5)21(25-20)17-10-11-19(28-8-3)24-18(17)7-2/h10-12,16,27H,6-9,13H2,1-5H3/t16-/m0/s1. The largest absolute Gasteiger partial charge is 0.478 e. The third-order valence-corrected chi connectivity index (χ3v) is 5.06. The molecular weight excluding hydrogens is 352 g/mol. The molecule has 28 heavy (non-hydrogen) atoms. The Bertz CT molecular complexity index is 965. The van der Waals surface area contributed by atoms with Crippen molar-refractivity contribution in [1.82, 2.24) is 19.5 Å². The molecule has 0 fully saturated rings. The van der Waals surface area contributed by atoms with Gasteiger partial charge in [0.25, 0.3) is 0 Å². The molecule has 0 spiro atoms. The molecule has 1 N–H and O–H groups in total. The van der Waals surface area contributed by atoms with Crippen LogP contribution < -0.4 is 4.74 Å². The highest BCUT2D eigenvalue weighted by Gasteiger charge is 2.19. The van der Waals surface area contributed by atoms with Gasteiger partial charge in [0, 0.05) is 17.8 Å². The Morgan fingerprint density at radius 1 is 1.11 bits per heavy atom. The lowest BCUT2D eigenvalue weighted by Gasteiger charge is -2.17. The van der Waals surface area contributed by atoms with Crippen molar-refractivity contribution < 1.29 is 9.84 Å². The first-order valence-electron chi connectivity index (χ1n) is 10.1. The number of hydrogen-bond donors (Lipinski definition) is 1. The molecule has 0 aliphatic rings. The van der Waals surface area contributed by atoms with Gasteiger partial charge in [-0.3, -0.25) is 0 Å². The van der Waals surface area contributed by atoms with Gasteiger partial charge >= 0.3 is 0 Å². The summed E-state index contributed by atoms with van der Waals surface area (Å²) in [4.78, 5) is 14.5. The molecule has 0 radical (unpaired) electrons. The number of nitrogens with zero attached hydrogens (tertiary/aromatic N) is 4. The maximum atomic E-state index is 9.83.